The topological polar surface area (TPSA) is 37.2 Å². The molecule has 0 saturated carbocycles. The van der Waals surface area contributed by atoms with E-state index in [1.165, 1.54) is 11.1 Å². The first-order chi connectivity index (χ1) is 8.78. The fraction of sp³-hybridized carbons (Fsp3) is 0.333. The van der Waals surface area contributed by atoms with Crippen LogP contribution in [0.4, 0.5) is 0 Å². The highest BCUT2D eigenvalue weighted by atomic mass is 16.3. The first-order valence-electron chi connectivity index (χ1n) is 6.41. The van der Waals surface area contributed by atoms with Gasteiger partial charge in [-0.25, -0.2) is 0 Å². The lowest BCUT2D eigenvalue weighted by molar-refractivity contribution is 0.475. The Labute approximate surface area is 108 Å². The minimum atomic E-state index is 0.326. The molecule has 0 bridgehead atoms. The Hall–Kier alpha value is -1.74. The molecule has 1 aromatic heterocycles. The molecule has 1 heterocycles. The lowest BCUT2D eigenvalue weighted by atomic mass is 10.1. The first kappa shape index (κ1) is 12.7. The molecule has 1 aromatic carbocycles. The highest BCUT2D eigenvalue weighted by molar-refractivity contribution is 5.26. The number of phenols is 1. The molecule has 0 aliphatic heterocycles. The highest BCUT2D eigenvalue weighted by Crippen LogP contribution is 2.09. The van der Waals surface area contributed by atoms with Gasteiger partial charge in [0.1, 0.15) is 5.75 Å². The Balaban J connectivity index is 1.71. The second-order valence-electron chi connectivity index (χ2n) is 4.44. The maximum Gasteiger partial charge on any atom is 0.115 e. The molecular formula is C15H20N2O. The molecule has 96 valence electrons. The van der Waals surface area contributed by atoms with Crippen LogP contribution in [0.15, 0.2) is 42.7 Å². The molecule has 18 heavy (non-hydrogen) atoms. The number of aromatic hydroxyl groups is 1. The van der Waals surface area contributed by atoms with Crippen LogP contribution in [0.25, 0.3) is 0 Å². The van der Waals surface area contributed by atoms with Crippen molar-refractivity contribution in [1.29, 1.82) is 0 Å². The van der Waals surface area contributed by atoms with Gasteiger partial charge in [0.25, 0.3) is 0 Å². The summed E-state index contributed by atoms with van der Waals surface area (Å²) in [5.41, 5.74) is 2.56. The molecule has 0 aliphatic carbocycles. The van der Waals surface area contributed by atoms with Gasteiger partial charge in [0.2, 0.25) is 0 Å². The fourth-order valence-electron chi connectivity index (χ4n) is 1.92. The molecular weight excluding hydrogens is 224 g/mol. The number of rotatable bonds is 6. The second-order valence-corrected chi connectivity index (χ2v) is 4.44. The molecule has 0 fully saturated rings. The summed E-state index contributed by atoms with van der Waals surface area (Å²) in [6.45, 7) is 5.02. The third kappa shape index (κ3) is 3.64. The van der Waals surface area contributed by atoms with E-state index in [4.69, 9.17) is 0 Å². The summed E-state index contributed by atoms with van der Waals surface area (Å²) in [7, 11) is 0. The molecule has 0 spiro atoms. The average molecular weight is 244 g/mol. The monoisotopic (exact) mass is 244 g/mol. The summed E-state index contributed by atoms with van der Waals surface area (Å²) in [4.78, 5) is 0. The Morgan fingerprint density at radius 2 is 1.89 bits per heavy atom. The van der Waals surface area contributed by atoms with E-state index < -0.39 is 0 Å². The van der Waals surface area contributed by atoms with Crippen molar-refractivity contribution in [2.75, 3.05) is 6.54 Å². The van der Waals surface area contributed by atoms with Crippen LogP contribution in [-0.4, -0.2) is 16.2 Å². The Kier molecular flexibility index (Phi) is 4.42. The number of hydrogen-bond acceptors (Lipinski definition) is 2. The summed E-state index contributed by atoms with van der Waals surface area (Å²) in [6, 6.07) is 9.54. The van der Waals surface area contributed by atoms with E-state index in [1.807, 2.05) is 12.1 Å². The minimum absolute atomic E-state index is 0.326. The van der Waals surface area contributed by atoms with Crippen LogP contribution in [0.3, 0.4) is 0 Å². The van der Waals surface area contributed by atoms with Crippen LogP contribution in [-0.2, 0) is 19.5 Å². The Morgan fingerprint density at radius 1 is 1.11 bits per heavy atom. The van der Waals surface area contributed by atoms with Crippen LogP contribution in [0, 0.1) is 0 Å². The van der Waals surface area contributed by atoms with E-state index in [2.05, 4.69) is 35.3 Å². The lowest BCUT2D eigenvalue weighted by Crippen LogP contribution is -2.16. The predicted molar refractivity (Wildman–Crippen MR) is 73.6 cm³/mol. The van der Waals surface area contributed by atoms with Gasteiger partial charge in [-0.05, 0) is 49.2 Å². The smallest absolute Gasteiger partial charge is 0.115 e. The summed E-state index contributed by atoms with van der Waals surface area (Å²) in [5.74, 6) is 0.326. The van der Waals surface area contributed by atoms with Gasteiger partial charge < -0.3 is 15.0 Å². The number of nitrogens with one attached hydrogen (secondary N) is 1. The Morgan fingerprint density at radius 3 is 2.56 bits per heavy atom. The van der Waals surface area contributed by atoms with Crippen LogP contribution in [0.2, 0.25) is 0 Å². The van der Waals surface area contributed by atoms with Crippen molar-refractivity contribution in [3.05, 3.63) is 53.9 Å². The van der Waals surface area contributed by atoms with Crippen LogP contribution in [0.5, 0.6) is 5.75 Å². The number of hydrogen-bond donors (Lipinski definition) is 2. The van der Waals surface area contributed by atoms with Gasteiger partial charge in [-0.1, -0.05) is 12.1 Å². The van der Waals surface area contributed by atoms with Crippen molar-refractivity contribution < 1.29 is 5.11 Å². The van der Waals surface area contributed by atoms with Gasteiger partial charge in [-0.15, -0.1) is 0 Å². The zero-order valence-corrected chi connectivity index (χ0v) is 10.8. The van der Waals surface area contributed by atoms with Crippen molar-refractivity contribution in [1.82, 2.24) is 9.88 Å². The Bertz CT molecular complexity index is 473. The van der Waals surface area contributed by atoms with Gasteiger partial charge in [-0.2, -0.15) is 0 Å². The van der Waals surface area contributed by atoms with E-state index in [1.54, 1.807) is 12.1 Å². The largest absolute Gasteiger partial charge is 0.508 e. The molecule has 0 aliphatic rings. The predicted octanol–water partition coefficient (Wildman–Crippen LogP) is 2.55. The molecule has 0 saturated heterocycles. The molecule has 3 nitrogen and oxygen atoms in total. The minimum Gasteiger partial charge on any atom is -0.508 e. The van der Waals surface area contributed by atoms with E-state index in [0.717, 1.165) is 26.1 Å². The van der Waals surface area contributed by atoms with E-state index >= 15 is 0 Å². The van der Waals surface area contributed by atoms with Gasteiger partial charge in [0, 0.05) is 25.5 Å². The van der Waals surface area contributed by atoms with Gasteiger partial charge >= 0.3 is 0 Å². The molecule has 0 radical (unpaired) electrons. The van der Waals surface area contributed by atoms with E-state index in [-0.39, 0.29) is 0 Å². The first-order valence-corrected chi connectivity index (χ1v) is 6.41. The highest BCUT2D eigenvalue weighted by Gasteiger charge is 1.96. The molecule has 2 N–H and O–H groups in total. The van der Waals surface area contributed by atoms with Crippen molar-refractivity contribution >= 4 is 0 Å². The molecule has 0 atom stereocenters. The maximum absolute atomic E-state index is 9.18. The standard InChI is InChI=1S/C15H20N2O/c1-2-17-10-8-14(12-17)11-16-9-7-13-3-5-15(18)6-4-13/h3-6,8,10,12,16,18H,2,7,9,11H2,1H3. The summed E-state index contributed by atoms with van der Waals surface area (Å²) in [5, 5.41) is 12.6. The van der Waals surface area contributed by atoms with Gasteiger partial charge in [0.05, 0.1) is 0 Å². The van der Waals surface area contributed by atoms with Crippen LogP contribution in [0.1, 0.15) is 18.1 Å². The fourth-order valence-corrected chi connectivity index (χ4v) is 1.92. The van der Waals surface area contributed by atoms with Crippen LogP contribution < -0.4 is 5.32 Å². The van der Waals surface area contributed by atoms with Crippen molar-refractivity contribution in [2.24, 2.45) is 0 Å². The molecule has 2 rings (SSSR count). The van der Waals surface area contributed by atoms with Crippen LogP contribution >= 0.6 is 0 Å². The number of aromatic nitrogens is 1. The average Bonchev–Trinajstić information content (AvgIpc) is 2.85. The van der Waals surface area contributed by atoms with E-state index in [0.29, 0.717) is 5.75 Å². The summed E-state index contributed by atoms with van der Waals surface area (Å²) < 4.78 is 2.18. The van der Waals surface area contributed by atoms with Crippen molar-refractivity contribution in [2.45, 2.75) is 26.4 Å². The SMILES string of the molecule is CCn1ccc(CNCCc2ccc(O)cc2)c1. The quantitative estimate of drug-likeness (QED) is 0.766. The zero-order valence-electron chi connectivity index (χ0n) is 10.8. The number of aryl methyl sites for hydroxylation is 1. The van der Waals surface area contributed by atoms with Gasteiger partial charge in [0.15, 0.2) is 0 Å². The molecule has 3 heteroatoms. The third-order valence-corrected chi connectivity index (χ3v) is 3.03. The second kappa shape index (κ2) is 6.26. The molecule has 0 unspecified atom stereocenters. The van der Waals surface area contributed by atoms with Crippen molar-refractivity contribution in [3.63, 3.8) is 0 Å². The van der Waals surface area contributed by atoms with Gasteiger partial charge in [-0.3, -0.25) is 0 Å². The summed E-state index contributed by atoms with van der Waals surface area (Å²) in [6.07, 6.45) is 5.26. The third-order valence-electron chi connectivity index (χ3n) is 3.03. The normalized spacial score (nSPS) is 10.7. The molecule has 2 aromatic rings. The zero-order chi connectivity index (χ0) is 12.8. The van der Waals surface area contributed by atoms with E-state index in [9.17, 15) is 5.11 Å². The number of nitrogens with zero attached hydrogens (tertiary/aromatic N) is 1. The number of benzene rings is 1. The molecule has 0 amide bonds. The summed E-state index contributed by atoms with van der Waals surface area (Å²) >= 11 is 0. The maximum atomic E-state index is 9.18. The number of phenolic OH excluding ortho intramolecular Hbond substituents is 1. The van der Waals surface area contributed by atoms with Crippen molar-refractivity contribution in [3.8, 4) is 5.75 Å². The lowest BCUT2D eigenvalue weighted by Gasteiger charge is -2.04.